The second kappa shape index (κ2) is 5.89. The second-order valence-electron chi connectivity index (χ2n) is 6.08. The van der Waals surface area contributed by atoms with Gasteiger partial charge in [-0.25, -0.2) is 4.79 Å². The monoisotopic (exact) mass is 258 g/mol. The number of nitrogens with zero attached hydrogens (tertiary/aromatic N) is 1. The Labute approximate surface area is 109 Å². The molecule has 0 aromatic heterocycles. The lowest BCUT2D eigenvalue weighted by molar-refractivity contribution is 0.0298. The molecule has 18 heavy (non-hydrogen) atoms. The topological polar surface area (TPSA) is 61.8 Å². The van der Waals surface area contributed by atoms with Crippen LogP contribution < -0.4 is 5.32 Å². The molecular weight excluding hydrogens is 232 g/mol. The average Bonchev–Trinajstić information content (AvgIpc) is 2.96. The van der Waals surface area contributed by atoms with Crippen LogP contribution in [0.1, 0.15) is 40.0 Å². The second-order valence-corrected chi connectivity index (χ2v) is 6.08. The van der Waals surface area contributed by atoms with Crippen molar-refractivity contribution in [1.82, 2.24) is 10.2 Å². The molecule has 0 unspecified atom stereocenters. The molecule has 5 heteroatoms. The van der Waals surface area contributed by atoms with Gasteiger partial charge in [0.2, 0.25) is 0 Å². The van der Waals surface area contributed by atoms with Crippen molar-refractivity contribution in [1.29, 1.82) is 0 Å². The highest BCUT2D eigenvalue weighted by Crippen LogP contribution is 2.38. The summed E-state index contributed by atoms with van der Waals surface area (Å²) in [4.78, 5) is 13.3. The van der Waals surface area contributed by atoms with E-state index in [0.29, 0.717) is 6.54 Å². The van der Waals surface area contributed by atoms with E-state index in [9.17, 15) is 4.79 Å². The molecule has 1 amide bonds. The largest absolute Gasteiger partial charge is 0.444 e. The molecule has 106 valence electrons. The predicted octanol–water partition coefficient (Wildman–Crippen LogP) is 1.36. The molecule has 2 N–H and O–H groups in total. The lowest BCUT2D eigenvalue weighted by atomic mass is 10.2. The Hall–Kier alpha value is -0.810. The molecule has 5 nitrogen and oxygen atoms in total. The van der Waals surface area contributed by atoms with Crippen LogP contribution >= 0.6 is 0 Å². The molecule has 0 atom stereocenters. The zero-order valence-corrected chi connectivity index (χ0v) is 12.0. The first-order chi connectivity index (χ1) is 8.28. The van der Waals surface area contributed by atoms with Gasteiger partial charge in [-0.05, 0) is 40.0 Å². The van der Waals surface area contributed by atoms with Gasteiger partial charge in [0.15, 0.2) is 0 Å². The zero-order chi connectivity index (χ0) is 13.8. The molecule has 1 saturated carbocycles. The lowest BCUT2D eigenvalue weighted by Gasteiger charge is -2.25. The van der Waals surface area contributed by atoms with Gasteiger partial charge < -0.3 is 20.1 Å². The lowest BCUT2D eigenvalue weighted by Crippen LogP contribution is -2.41. The molecule has 0 aromatic carbocycles. The van der Waals surface area contributed by atoms with Gasteiger partial charge in [-0.15, -0.1) is 0 Å². The third kappa shape index (κ3) is 5.23. The van der Waals surface area contributed by atoms with Crippen molar-refractivity contribution < 1.29 is 14.6 Å². The van der Waals surface area contributed by atoms with Crippen LogP contribution in [0.15, 0.2) is 0 Å². The van der Waals surface area contributed by atoms with E-state index in [0.717, 1.165) is 25.8 Å². The fourth-order valence-corrected chi connectivity index (χ4v) is 1.80. The van der Waals surface area contributed by atoms with Crippen LogP contribution in [0.2, 0.25) is 0 Å². The number of hydrogen-bond donors (Lipinski definition) is 2. The summed E-state index contributed by atoms with van der Waals surface area (Å²) >= 11 is 0. The number of hydrogen-bond acceptors (Lipinski definition) is 4. The highest BCUT2D eigenvalue weighted by atomic mass is 16.6. The maximum Gasteiger partial charge on any atom is 0.410 e. The molecule has 1 fully saturated rings. The van der Waals surface area contributed by atoms with Crippen molar-refractivity contribution in [3.63, 3.8) is 0 Å². The van der Waals surface area contributed by atoms with E-state index in [1.165, 1.54) is 0 Å². The Morgan fingerprint density at radius 2 is 2.06 bits per heavy atom. The molecule has 0 saturated heterocycles. The van der Waals surface area contributed by atoms with Crippen LogP contribution in [0.25, 0.3) is 0 Å². The number of rotatable bonds is 6. The predicted molar refractivity (Wildman–Crippen MR) is 70.5 cm³/mol. The standard InChI is InChI=1S/C13H26N2O3/c1-12(2,3)18-11(17)15(4)9-8-14-13(5-6-13)7-10-16/h14,16H,5-10H2,1-4H3. The first-order valence-electron chi connectivity index (χ1n) is 6.58. The van der Waals surface area contributed by atoms with Crippen molar-refractivity contribution in [3.05, 3.63) is 0 Å². The van der Waals surface area contributed by atoms with E-state index in [1.54, 1.807) is 11.9 Å². The summed E-state index contributed by atoms with van der Waals surface area (Å²) in [6, 6.07) is 0. The van der Waals surface area contributed by atoms with Crippen molar-refractivity contribution >= 4 is 6.09 Å². The van der Waals surface area contributed by atoms with E-state index in [1.807, 2.05) is 20.8 Å². The van der Waals surface area contributed by atoms with Gasteiger partial charge in [0.1, 0.15) is 5.60 Å². The fraction of sp³-hybridized carbons (Fsp3) is 0.923. The van der Waals surface area contributed by atoms with Crippen LogP contribution in [0.3, 0.4) is 0 Å². The molecule has 0 spiro atoms. The number of aliphatic hydroxyl groups excluding tert-OH is 1. The molecular formula is C13H26N2O3. The van der Waals surface area contributed by atoms with Crippen LogP contribution in [0.5, 0.6) is 0 Å². The summed E-state index contributed by atoms with van der Waals surface area (Å²) in [5.74, 6) is 0. The van der Waals surface area contributed by atoms with Crippen LogP contribution in [0, 0.1) is 0 Å². The van der Waals surface area contributed by atoms with E-state index < -0.39 is 5.60 Å². The van der Waals surface area contributed by atoms with Crippen molar-refractivity contribution in [2.75, 3.05) is 26.7 Å². The zero-order valence-electron chi connectivity index (χ0n) is 12.0. The molecule has 0 aliphatic heterocycles. The number of likely N-dealkylation sites (N-methyl/N-ethyl adjacent to an activating group) is 1. The number of ether oxygens (including phenoxy) is 1. The van der Waals surface area contributed by atoms with Gasteiger partial charge in [-0.3, -0.25) is 0 Å². The Morgan fingerprint density at radius 3 is 2.50 bits per heavy atom. The van der Waals surface area contributed by atoms with E-state index in [-0.39, 0.29) is 18.2 Å². The summed E-state index contributed by atoms with van der Waals surface area (Å²) in [5.41, 5.74) is -0.323. The van der Waals surface area contributed by atoms with Gasteiger partial charge in [0, 0.05) is 32.3 Å². The summed E-state index contributed by atoms with van der Waals surface area (Å²) in [6.45, 7) is 7.14. The minimum Gasteiger partial charge on any atom is -0.444 e. The Kier molecular flexibility index (Phi) is 4.99. The van der Waals surface area contributed by atoms with Gasteiger partial charge in [-0.1, -0.05) is 0 Å². The summed E-state index contributed by atoms with van der Waals surface area (Å²) < 4.78 is 5.26. The molecule has 0 heterocycles. The third-order valence-corrected chi connectivity index (χ3v) is 3.10. The fourth-order valence-electron chi connectivity index (χ4n) is 1.80. The minimum atomic E-state index is -0.451. The van der Waals surface area contributed by atoms with Crippen molar-refractivity contribution in [3.8, 4) is 0 Å². The van der Waals surface area contributed by atoms with Crippen LogP contribution in [-0.4, -0.2) is 54.0 Å². The molecule has 1 aliphatic carbocycles. The van der Waals surface area contributed by atoms with Crippen molar-refractivity contribution in [2.45, 2.75) is 51.2 Å². The SMILES string of the molecule is CN(CCNC1(CCO)CC1)C(=O)OC(C)(C)C. The van der Waals surface area contributed by atoms with Crippen LogP contribution in [-0.2, 0) is 4.74 Å². The van der Waals surface area contributed by atoms with Crippen molar-refractivity contribution in [2.24, 2.45) is 0 Å². The maximum absolute atomic E-state index is 11.7. The highest BCUT2D eigenvalue weighted by molar-refractivity contribution is 5.67. The Bertz CT molecular complexity index is 282. The van der Waals surface area contributed by atoms with Gasteiger partial charge >= 0.3 is 6.09 Å². The third-order valence-electron chi connectivity index (χ3n) is 3.10. The van der Waals surface area contributed by atoms with E-state index in [4.69, 9.17) is 9.84 Å². The Morgan fingerprint density at radius 1 is 1.44 bits per heavy atom. The van der Waals surface area contributed by atoms with Crippen LogP contribution in [0.4, 0.5) is 4.79 Å². The minimum absolute atomic E-state index is 0.128. The molecule has 0 aromatic rings. The number of carbonyl (C=O) groups excluding carboxylic acids is 1. The molecule has 0 bridgehead atoms. The number of carbonyl (C=O) groups is 1. The normalized spacial score (nSPS) is 17.4. The number of amides is 1. The first kappa shape index (κ1) is 15.2. The number of aliphatic hydroxyl groups is 1. The first-order valence-corrected chi connectivity index (χ1v) is 6.58. The average molecular weight is 258 g/mol. The smallest absolute Gasteiger partial charge is 0.410 e. The molecule has 0 radical (unpaired) electrons. The van der Waals surface area contributed by atoms with E-state index >= 15 is 0 Å². The Balaban J connectivity index is 2.21. The van der Waals surface area contributed by atoms with E-state index in [2.05, 4.69) is 5.32 Å². The molecule has 1 aliphatic rings. The highest BCUT2D eigenvalue weighted by Gasteiger charge is 2.41. The summed E-state index contributed by atoms with van der Waals surface area (Å²) in [7, 11) is 1.74. The number of nitrogens with one attached hydrogen (secondary N) is 1. The summed E-state index contributed by atoms with van der Waals surface area (Å²) in [5, 5.41) is 12.4. The van der Waals surface area contributed by atoms with Gasteiger partial charge in [0.05, 0.1) is 0 Å². The van der Waals surface area contributed by atoms with Gasteiger partial charge in [0.25, 0.3) is 0 Å². The summed E-state index contributed by atoms with van der Waals surface area (Å²) in [6.07, 6.45) is 2.73. The quantitative estimate of drug-likeness (QED) is 0.755. The molecule has 1 rings (SSSR count). The van der Waals surface area contributed by atoms with Gasteiger partial charge in [-0.2, -0.15) is 0 Å². The maximum atomic E-state index is 11.7.